The van der Waals surface area contributed by atoms with Crippen LogP contribution in [0.4, 0.5) is 5.69 Å². The van der Waals surface area contributed by atoms with Gasteiger partial charge in [-0.05, 0) is 24.6 Å². The summed E-state index contributed by atoms with van der Waals surface area (Å²) in [5, 5.41) is 9.04. The van der Waals surface area contributed by atoms with Crippen LogP contribution in [0.2, 0.25) is 0 Å². The molecule has 0 saturated heterocycles. The molecule has 0 fully saturated rings. The minimum absolute atomic E-state index is 0.207. The van der Waals surface area contributed by atoms with Gasteiger partial charge in [-0.2, -0.15) is 5.10 Å². The number of hydrogen-bond acceptors (Lipinski definition) is 4. The Bertz CT molecular complexity index is 1220. The van der Waals surface area contributed by atoms with Crippen molar-refractivity contribution in [2.75, 3.05) is 11.3 Å². The average molecular weight is 381 g/mol. The number of hydrogen-bond donors (Lipinski definition) is 2. The van der Waals surface area contributed by atoms with Crippen molar-refractivity contribution in [1.82, 2.24) is 10.2 Å². The summed E-state index contributed by atoms with van der Waals surface area (Å²) in [6.45, 7) is 2.61. The number of ether oxygens (including phenoxy) is 1. The second-order valence-corrected chi connectivity index (χ2v) is 7.85. The molecule has 0 radical (unpaired) electrons. The highest BCUT2D eigenvalue weighted by atomic mass is 32.2. The van der Waals surface area contributed by atoms with E-state index in [-0.39, 0.29) is 4.90 Å². The molecule has 1 aromatic heterocycles. The summed E-state index contributed by atoms with van der Waals surface area (Å²) in [4.78, 5) is 0.207. The monoisotopic (exact) mass is 381 g/mol. The smallest absolute Gasteiger partial charge is 0.262 e. The van der Waals surface area contributed by atoms with Crippen LogP contribution >= 0.6 is 0 Å². The van der Waals surface area contributed by atoms with E-state index in [1.54, 1.807) is 36.5 Å². The van der Waals surface area contributed by atoms with Crippen molar-refractivity contribution in [2.45, 2.75) is 18.2 Å². The predicted molar refractivity (Wildman–Crippen MR) is 107 cm³/mol. The number of aromatic nitrogens is 2. The van der Waals surface area contributed by atoms with Gasteiger partial charge in [-0.25, -0.2) is 8.42 Å². The zero-order valence-corrected chi connectivity index (χ0v) is 15.6. The number of nitrogens with zero attached hydrogens (tertiary/aromatic N) is 1. The number of rotatable bonds is 6. The summed E-state index contributed by atoms with van der Waals surface area (Å²) in [6.07, 6.45) is 2.53. The minimum atomic E-state index is -3.80. The van der Waals surface area contributed by atoms with Gasteiger partial charge in [0, 0.05) is 16.2 Å². The lowest BCUT2D eigenvalue weighted by atomic mass is 10.1. The van der Waals surface area contributed by atoms with E-state index in [0.717, 1.165) is 17.2 Å². The van der Waals surface area contributed by atoms with Gasteiger partial charge in [0.25, 0.3) is 10.0 Å². The summed E-state index contributed by atoms with van der Waals surface area (Å²) in [5.74, 6) is 0.682. The topological polar surface area (TPSA) is 84.1 Å². The molecule has 4 aromatic rings. The summed E-state index contributed by atoms with van der Waals surface area (Å²) in [7, 11) is -3.80. The third-order valence-corrected chi connectivity index (χ3v) is 5.74. The largest absolute Gasteiger partial charge is 0.493 e. The quantitative estimate of drug-likeness (QED) is 0.521. The molecule has 0 bridgehead atoms. The molecule has 0 spiro atoms. The number of para-hydroxylation sites is 1. The van der Waals surface area contributed by atoms with E-state index in [1.165, 1.54) is 0 Å². The van der Waals surface area contributed by atoms with Crippen LogP contribution < -0.4 is 9.46 Å². The van der Waals surface area contributed by atoms with Crippen LogP contribution in [-0.2, 0) is 10.0 Å². The summed E-state index contributed by atoms with van der Waals surface area (Å²) in [6, 6.07) is 16.0. The van der Waals surface area contributed by atoms with Crippen LogP contribution in [0.25, 0.3) is 21.7 Å². The lowest BCUT2D eigenvalue weighted by Crippen LogP contribution is -2.14. The van der Waals surface area contributed by atoms with Gasteiger partial charge in [-0.15, -0.1) is 0 Å². The Balaban J connectivity index is 1.80. The van der Waals surface area contributed by atoms with Gasteiger partial charge < -0.3 is 4.74 Å². The third kappa shape index (κ3) is 3.21. The van der Waals surface area contributed by atoms with Crippen molar-refractivity contribution in [3.05, 3.63) is 60.8 Å². The highest BCUT2D eigenvalue weighted by Crippen LogP contribution is 2.33. The van der Waals surface area contributed by atoms with Crippen LogP contribution in [0.15, 0.2) is 65.7 Å². The molecule has 0 atom stereocenters. The molecule has 7 heteroatoms. The molecule has 1 heterocycles. The SMILES string of the molecule is CCCOc1ccc(S(=O)(=O)Nc2cccc3cn[nH]c23)c2ccccc12. The van der Waals surface area contributed by atoms with Crippen LogP contribution in [0.5, 0.6) is 5.75 Å². The Labute approximate surface area is 157 Å². The molecule has 6 nitrogen and oxygen atoms in total. The maximum Gasteiger partial charge on any atom is 0.262 e. The van der Waals surface area contributed by atoms with Gasteiger partial charge in [0.05, 0.1) is 28.9 Å². The lowest BCUT2D eigenvalue weighted by Gasteiger charge is -2.14. The van der Waals surface area contributed by atoms with Crippen LogP contribution in [-0.4, -0.2) is 25.2 Å². The Morgan fingerprint density at radius 3 is 2.67 bits per heavy atom. The zero-order chi connectivity index (χ0) is 18.9. The van der Waals surface area contributed by atoms with Crippen molar-refractivity contribution in [2.24, 2.45) is 0 Å². The number of anilines is 1. The molecule has 0 unspecified atom stereocenters. The van der Waals surface area contributed by atoms with E-state index >= 15 is 0 Å². The number of H-pyrrole nitrogens is 1. The zero-order valence-electron chi connectivity index (χ0n) is 14.8. The van der Waals surface area contributed by atoms with Crippen LogP contribution in [0, 0.1) is 0 Å². The summed E-state index contributed by atoms with van der Waals surface area (Å²) < 4.78 is 34.7. The minimum Gasteiger partial charge on any atom is -0.493 e. The Morgan fingerprint density at radius 1 is 1.04 bits per heavy atom. The summed E-state index contributed by atoms with van der Waals surface area (Å²) >= 11 is 0. The molecule has 4 rings (SSSR count). The number of benzene rings is 3. The number of aromatic amines is 1. The van der Waals surface area contributed by atoms with Gasteiger partial charge in [0.15, 0.2) is 0 Å². The van der Waals surface area contributed by atoms with Crippen molar-refractivity contribution < 1.29 is 13.2 Å². The van der Waals surface area contributed by atoms with Crippen molar-refractivity contribution in [3.63, 3.8) is 0 Å². The van der Waals surface area contributed by atoms with Gasteiger partial charge >= 0.3 is 0 Å². The maximum absolute atomic E-state index is 13.1. The normalized spacial score (nSPS) is 11.7. The molecule has 3 aromatic carbocycles. The van der Waals surface area contributed by atoms with E-state index in [2.05, 4.69) is 14.9 Å². The highest BCUT2D eigenvalue weighted by Gasteiger charge is 2.20. The van der Waals surface area contributed by atoms with Crippen molar-refractivity contribution in [3.8, 4) is 5.75 Å². The lowest BCUT2D eigenvalue weighted by molar-refractivity contribution is 0.321. The molecule has 2 N–H and O–H groups in total. The highest BCUT2D eigenvalue weighted by molar-refractivity contribution is 7.93. The van der Waals surface area contributed by atoms with Gasteiger partial charge in [-0.3, -0.25) is 9.82 Å². The number of sulfonamides is 1. The molecule has 0 aliphatic heterocycles. The molecule has 138 valence electrons. The van der Waals surface area contributed by atoms with E-state index in [9.17, 15) is 8.42 Å². The van der Waals surface area contributed by atoms with Crippen molar-refractivity contribution >= 4 is 37.4 Å². The van der Waals surface area contributed by atoms with Gasteiger partial charge in [-0.1, -0.05) is 43.3 Å². The third-order valence-electron chi connectivity index (χ3n) is 4.32. The first-order chi connectivity index (χ1) is 13.1. The summed E-state index contributed by atoms with van der Waals surface area (Å²) in [5.41, 5.74) is 1.11. The molecular formula is C20H19N3O3S. The Kier molecular flexibility index (Phi) is 4.45. The van der Waals surface area contributed by atoms with Gasteiger partial charge in [0.2, 0.25) is 0 Å². The van der Waals surface area contributed by atoms with E-state index < -0.39 is 10.0 Å². The fourth-order valence-electron chi connectivity index (χ4n) is 3.07. The molecule has 27 heavy (non-hydrogen) atoms. The van der Waals surface area contributed by atoms with E-state index in [1.807, 2.05) is 31.2 Å². The Morgan fingerprint density at radius 2 is 1.85 bits per heavy atom. The predicted octanol–water partition coefficient (Wildman–Crippen LogP) is 4.31. The molecule has 0 amide bonds. The first kappa shape index (κ1) is 17.4. The fourth-order valence-corrected chi connectivity index (χ4v) is 4.35. The second kappa shape index (κ2) is 6.92. The van der Waals surface area contributed by atoms with E-state index in [0.29, 0.717) is 28.9 Å². The van der Waals surface area contributed by atoms with Crippen LogP contribution in [0.1, 0.15) is 13.3 Å². The van der Waals surface area contributed by atoms with E-state index in [4.69, 9.17) is 4.74 Å². The number of fused-ring (bicyclic) bond motifs is 2. The standard InChI is InChI=1S/C20H19N3O3S/c1-2-12-26-18-10-11-19(16-8-4-3-7-15(16)18)27(24,25)23-17-9-5-6-14-13-21-22-20(14)17/h3-11,13,23H,2,12H2,1H3,(H,21,22). The number of nitrogens with one attached hydrogen (secondary N) is 2. The molecule has 0 saturated carbocycles. The average Bonchev–Trinajstić information content (AvgIpc) is 3.15. The maximum atomic E-state index is 13.1. The van der Waals surface area contributed by atoms with Crippen LogP contribution in [0.3, 0.4) is 0 Å². The molecule has 0 aliphatic rings. The first-order valence-electron chi connectivity index (χ1n) is 8.69. The van der Waals surface area contributed by atoms with Crippen molar-refractivity contribution in [1.29, 1.82) is 0 Å². The van der Waals surface area contributed by atoms with Gasteiger partial charge in [0.1, 0.15) is 5.75 Å². The fraction of sp³-hybridized carbons (Fsp3) is 0.150. The molecular weight excluding hydrogens is 362 g/mol. The molecule has 0 aliphatic carbocycles. The first-order valence-corrected chi connectivity index (χ1v) is 10.2. The Hall–Kier alpha value is -3.06. The second-order valence-electron chi connectivity index (χ2n) is 6.20.